The first kappa shape index (κ1) is 18.3. The van der Waals surface area contributed by atoms with Crippen LogP contribution in [-0.2, 0) is 4.79 Å². The molecule has 1 aromatic rings. The smallest absolute Gasteiger partial charge is 0.319 e. The minimum atomic E-state index is -0.709. The van der Waals surface area contributed by atoms with Crippen molar-refractivity contribution in [3.63, 3.8) is 0 Å². The Morgan fingerprint density at radius 2 is 1.96 bits per heavy atom. The van der Waals surface area contributed by atoms with Gasteiger partial charge in [0.15, 0.2) is 0 Å². The molecule has 1 atom stereocenters. The summed E-state index contributed by atoms with van der Waals surface area (Å²) in [7, 11) is 1.46. The van der Waals surface area contributed by atoms with E-state index in [-0.39, 0.29) is 11.4 Å². The first-order chi connectivity index (χ1) is 10.7. The Kier molecular flexibility index (Phi) is 5.96. The number of urea groups is 1. The van der Waals surface area contributed by atoms with Gasteiger partial charge in [-0.2, -0.15) is 5.26 Å². The molecule has 1 rings (SSSR count). The minimum absolute atomic E-state index is 0.287. The van der Waals surface area contributed by atoms with Crippen LogP contribution in [0.2, 0.25) is 0 Å². The summed E-state index contributed by atoms with van der Waals surface area (Å²) in [5.74, 6) is 0.135. The van der Waals surface area contributed by atoms with Crippen LogP contribution >= 0.6 is 0 Å². The topological polar surface area (TPSA) is 103 Å². The van der Waals surface area contributed by atoms with E-state index in [0.717, 1.165) is 0 Å². The fraction of sp³-hybridized carbons (Fsp3) is 0.438. The highest BCUT2D eigenvalue weighted by Crippen LogP contribution is 2.25. The number of nitrogens with zero attached hydrogens (tertiary/aromatic N) is 1. The fourth-order valence-electron chi connectivity index (χ4n) is 1.77. The average molecular weight is 318 g/mol. The third-order valence-corrected chi connectivity index (χ3v) is 2.82. The predicted molar refractivity (Wildman–Crippen MR) is 87.2 cm³/mol. The molecular weight excluding hydrogens is 296 g/mol. The third-order valence-electron chi connectivity index (χ3n) is 2.82. The molecule has 7 heteroatoms. The number of carbonyl (C=O) groups excluding carboxylic acids is 2. The molecule has 1 unspecified atom stereocenters. The Balaban J connectivity index is 2.74. The maximum Gasteiger partial charge on any atom is 0.319 e. The van der Waals surface area contributed by atoms with Gasteiger partial charge in [-0.05, 0) is 45.9 Å². The molecule has 3 N–H and O–H groups in total. The van der Waals surface area contributed by atoms with E-state index in [1.807, 2.05) is 26.8 Å². The first-order valence-corrected chi connectivity index (χ1v) is 7.14. The Labute approximate surface area is 136 Å². The second-order valence-corrected chi connectivity index (χ2v) is 6.09. The van der Waals surface area contributed by atoms with Gasteiger partial charge in [-0.3, -0.25) is 4.79 Å². The summed E-state index contributed by atoms with van der Waals surface area (Å²) >= 11 is 0. The number of rotatable bonds is 4. The zero-order valence-electron chi connectivity index (χ0n) is 14.0. The van der Waals surface area contributed by atoms with E-state index < -0.39 is 12.1 Å². The average Bonchev–Trinajstić information content (AvgIpc) is 2.45. The Morgan fingerprint density at radius 3 is 2.48 bits per heavy atom. The lowest BCUT2D eigenvalue weighted by molar-refractivity contribution is -0.123. The number of anilines is 1. The summed E-state index contributed by atoms with van der Waals surface area (Å²) in [6.45, 7) is 7.16. The van der Waals surface area contributed by atoms with Crippen LogP contribution in [0.1, 0.15) is 33.3 Å². The van der Waals surface area contributed by atoms with Crippen LogP contribution in [-0.4, -0.2) is 30.6 Å². The second-order valence-electron chi connectivity index (χ2n) is 6.09. The van der Waals surface area contributed by atoms with Gasteiger partial charge in [-0.1, -0.05) is 0 Å². The molecule has 1 aromatic carbocycles. The maximum absolute atomic E-state index is 12.0. The summed E-state index contributed by atoms with van der Waals surface area (Å²) < 4.78 is 5.13. The largest absolute Gasteiger partial charge is 0.495 e. The summed E-state index contributed by atoms with van der Waals surface area (Å²) in [6.07, 6.45) is 0. The number of hydrogen-bond acceptors (Lipinski definition) is 4. The van der Waals surface area contributed by atoms with Gasteiger partial charge in [0.25, 0.3) is 0 Å². The SMILES string of the molecule is COc1ccc(C#N)cc1NC(=O)NC(C)C(=O)NC(C)(C)C. The Bertz CT molecular complexity index is 629. The molecule has 0 aromatic heterocycles. The van der Waals surface area contributed by atoms with Gasteiger partial charge in [0.2, 0.25) is 5.91 Å². The summed E-state index contributed by atoms with van der Waals surface area (Å²) in [4.78, 5) is 24.0. The number of carbonyl (C=O) groups is 2. The van der Waals surface area contributed by atoms with Gasteiger partial charge >= 0.3 is 6.03 Å². The monoisotopic (exact) mass is 318 g/mol. The zero-order valence-corrected chi connectivity index (χ0v) is 14.0. The summed E-state index contributed by atoms with van der Waals surface area (Å²) in [6, 6.07) is 5.39. The van der Waals surface area contributed by atoms with Crippen LogP contribution in [0.3, 0.4) is 0 Å². The summed E-state index contributed by atoms with van der Waals surface area (Å²) in [5.41, 5.74) is 0.362. The van der Waals surface area contributed by atoms with E-state index in [9.17, 15) is 9.59 Å². The molecule has 0 saturated carbocycles. The number of nitrogens with one attached hydrogen (secondary N) is 3. The Morgan fingerprint density at radius 1 is 1.30 bits per heavy atom. The van der Waals surface area contributed by atoms with Crippen molar-refractivity contribution in [3.05, 3.63) is 23.8 Å². The van der Waals surface area contributed by atoms with E-state index in [0.29, 0.717) is 17.0 Å². The number of benzene rings is 1. The number of nitriles is 1. The van der Waals surface area contributed by atoms with Gasteiger partial charge in [0, 0.05) is 5.54 Å². The van der Waals surface area contributed by atoms with Gasteiger partial charge in [0.05, 0.1) is 24.4 Å². The zero-order chi connectivity index (χ0) is 17.6. The van der Waals surface area contributed by atoms with Crippen LogP contribution < -0.4 is 20.7 Å². The van der Waals surface area contributed by atoms with Crippen LogP contribution in [0.15, 0.2) is 18.2 Å². The van der Waals surface area contributed by atoms with Crippen molar-refractivity contribution >= 4 is 17.6 Å². The van der Waals surface area contributed by atoms with Crippen LogP contribution in [0, 0.1) is 11.3 Å². The molecule has 0 saturated heterocycles. The summed E-state index contributed by atoms with van der Waals surface area (Å²) in [5, 5.41) is 16.8. The fourth-order valence-corrected chi connectivity index (χ4v) is 1.77. The van der Waals surface area contributed by atoms with Gasteiger partial charge in [-0.15, -0.1) is 0 Å². The van der Waals surface area contributed by atoms with Gasteiger partial charge in [0.1, 0.15) is 11.8 Å². The van der Waals surface area contributed by atoms with Crippen LogP contribution in [0.5, 0.6) is 5.75 Å². The van der Waals surface area contributed by atoms with Crippen molar-refractivity contribution < 1.29 is 14.3 Å². The highest BCUT2D eigenvalue weighted by Gasteiger charge is 2.21. The van der Waals surface area contributed by atoms with Gasteiger partial charge < -0.3 is 20.7 Å². The van der Waals surface area contributed by atoms with E-state index in [1.54, 1.807) is 19.1 Å². The lowest BCUT2D eigenvalue weighted by Gasteiger charge is -2.23. The van der Waals surface area contributed by atoms with Crippen molar-refractivity contribution in [2.75, 3.05) is 12.4 Å². The first-order valence-electron chi connectivity index (χ1n) is 7.14. The maximum atomic E-state index is 12.0. The number of methoxy groups -OCH3 is 1. The third kappa shape index (κ3) is 5.87. The minimum Gasteiger partial charge on any atom is -0.495 e. The van der Waals surface area contributed by atoms with Crippen molar-refractivity contribution in [3.8, 4) is 11.8 Å². The van der Waals surface area contributed by atoms with E-state index in [2.05, 4.69) is 16.0 Å². The standard InChI is InChI=1S/C16H22N4O3/c1-10(14(21)20-16(2,3)4)18-15(22)19-12-8-11(9-17)6-7-13(12)23-5/h6-8,10H,1-5H3,(H,20,21)(H2,18,19,22). The molecule has 0 aliphatic rings. The molecule has 0 heterocycles. The molecule has 0 aliphatic heterocycles. The normalized spacial score (nSPS) is 11.8. The molecule has 23 heavy (non-hydrogen) atoms. The van der Waals surface area contributed by atoms with Gasteiger partial charge in [-0.25, -0.2) is 4.79 Å². The van der Waals surface area contributed by atoms with Crippen molar-refractivity contribution in [1.82, 2.24) is 10.6 Å². The molecule has 124 valence electrons. The molecule has 0 aliphatic carbocycles. The van der Waals surface area contributed by atoms with Crippen LogP contribution in [0.25, 0.3) is 0 Å². The number of hydrogen-bond donors (Lipinski definition) is 3. The van der Waals surface area contributed by atoms with Crippen molar-refractivity contribution in [2.45, 2.75) is 39.3 Å². The molecule has 0 radical (unpaired) electrons. The lowest BCUT2D eigenvalue weighted by Crippen LogP contribution is -2.51. The quantitative estimate of drug-likeness (QED) is 0.790. The van der Waals surface area contributed by atoms with Crippen molar-refractivity contribution in [1.29, 1.82) is 5.26 Å². The highest BCUT2D eigenvalue weighted by molar-refractivity contribution is 5.94. The Hall–Kier alpha value is -2.75. The second kappa shape index (κ2) is 7.49. The molecule has 0 fully saturated rings. The molecule has 7 nitrogen and oxygen atoms in total. The van der Waals surface area contributed by atoms with E-state index in [1.165, 1.54) is 13.2 Å². The van der Waals surface area contributed by atoms with E-state index >= 15 is 0 Å². The van der Waals surface area contributed by atoms with Crippen LogP contribution in [0.4, 0.5) is 10.5 Å². The predicted octanol–water partition coefficient (Wildman–Crippen LogP) is 1.99. The van der Waals surface area contributed by atoms with Crippen molar-refractivity contribution in [2.24, 2.45) is 0 Å². The number of amides is 3. The highest BCUT2D eigenvalue weighted by atomic mass is 16.5. The molecule has 0 spiro atoms. The molecular formula is C16H22N4O3. The lowest BCUT2D eigenvalue weighted by atomic mass is 10.1. The van der Waals surface area contributed by atoms with E-state index in [4.69, 9.17) is 10.00 Å². The molecule has 3 amide bonds. The molecule has 0 bridgehead atoms. The number of ether oxygens (including phenoxy) is 1.